The molecule has 4 heteroatoms. The van der Waals surface area contributed by atoms with Crippen molar-refractivity contribution in [1.82, 2.24) is 10.6 Å². The van der Waals surface area contributed by atoms with Gasteiger partial charge >= 0.3 is 0 Å². The number of aromatic hydroxyl groups is 1. The average molecular weight is 262 g/mol. The number of carbonyl (C=O) groups is 1. The van der Waals surface area contributed by atoms with Gasteiger partial charge in [-0.2, -0.15) is 0 Å². The molecular formula is C15H22N2O2. The maximum Gasteiger partial charge on any atom is 0.224 e. The Morgan fingerprint density at radius 3 is 3.05 bits per heavy atom. The quantitative estimate of drug-likeness (QED) is 0.772. The van der Waals surface area contributed by atoms with Gasteiger partial charge in [-0.25, -0.2) is 0 Å². The van der Waals surface area contributed by atoms with Crippen LogP contribution in [0.1, 0.15) is 31.7 Å². The van der Waals surface area contributed by atoms with Crippen LogP contribution >= 0.6 is 0 Å². The zero-order chi connectivity index (χ0) is 13.7. The Balaban J connectivity index is 1.83. The third-order valence-electron chi connectivity index (χ3n) is 3.62. The molecule has 0 bridgehead atoms. The number of rotatable bonds is 4. The third kappa shape index (κ3) is 4.24. The second kappa shape index (κ2) is 6.57. The number of piperidine rings is 1. The molecule has 0 spiro atoms. The Bertz CT molecular complexity index is 428. The Hall–Kier alpha value is -1.55. The first-order chi connectivity index (χ1) is 9.15. The van der Waals surface area contributed by atoms with Gasteiger partial charge in [0.15, 0.2) is 0 Å². The van der Waals surface area contributed by atoms with Gasteiger partial charge in [0.1, 0.15) is 5.75 Å². The van der Waals surface area contributed by atoms with E-state index in [1.54, 1.807) is 18.2 Å². The summed E-state index contributed by atoms with van der Waals surface area (Å²) >= 11 is 0. The van der Waals surface area contributed by atoms with Crippen molar-refractivity contribution in [3.63, 3.8) is 0 Å². The van der Waals surface area contributed by atoms with Crippen LogP contribution in [0.25, 0.3) is 0 Å². The lowest BCUT2D eigenvalue weighted by Gasteiger charge is -2.29. The molecule has 1 amide bonds. The van der Waals surface area contributed by atoms with E-state index in [1.807, 2.05) is 13.0 Å². The smallest absolute Gasteiger partial charge is 0.224 e. The minimum absolute atomic E-state index is 0.00507. The molecular weight excluding hydrogens is 240 g/mol. The van der Waals surface area contributed by atoms with Crippen LogP contribution in [0.4, 0.5) is 0 Å². The zero-order valence-corrected chi connectivity index (χ0v) is 11.4. The van der Waals surface area contributed by atoms with E-state index < -0.39 is 0 Å². The second-order valence-electron chi connectivity index (χ2n) is 5.26. The lowest BCUT2D eigenvalue weighted by atomic mass is 9.99. The molecule has 3 N–H and O–H groups in total. The topological polar surface area (TPSA) is 61.4 Å². The van der Waals surface area contributed by atoms with Gasteiger partial charge in [0.05, 0.1) is 6.42 Å². The Labute approximate surface area is 114 Å². The highest BCUT2D eigenvalue weighted by atomic mass is 16.3. The van der Waals surface area contributed by atoms with Crippen LogP contribution in [0, 0.1) is 0 Å². The van der Waals surface area contributed by atoms with E-state index in [4.69, 9.17) is 0 Å². The summed E-state index contributed by atoms with van der Waals surface area (Å²) in [6.45, 7) is 3.08. The first-order valence-corrected chi connectivity index (χ1v) is 6.96. The first-order valence-electron chi connectivity index (χ1n) is 6.96. The average Bonchev–Trinajstić information content (AvgIpc) is 2.39. The van der Waals surface area contributed by atoms with Crippen LogP contribution in [0.3, 0.4) is 0 Å². The highest BCUT2D eigenvalue weighted by Gasteiger charge is 2.20. The maximum absolute atomic E-state index is 12.0. The minimum atomic E-state index is 0.00507. The number of amides is 1. The van der Waals surface area contributed by atoms with Crippen LogP contribution in [0.5, 0.6) is 5.75 Å². The van der Waals surface area contributed by atoms with Crippen molar-refractivity contribution in [3.05, 3.63) is 29.8 Å². The molecule has 0 aromatic heterocycles. The van der Waals surface area contributed by atoms with Gasteiger partial charge in [-0.3, -0.25) is 4.79 Å². The van der Waals surface area contributed by atoms with Crippen LogP contribution in [0.2, 0.25) is 0 Å². The number of carbonyl (C=O) groups excluding carboxylic acids is 1. The van der Waals surface area contributed by atoms with Gasteiger partial charge < -0.3 is 15.7 Å². The van der Waals surface area contributed by atoms with Crippen LogP contribution in [0.15, 0.2) is 24.3 Å². The van der Waals surface area contributed by atoms with Gasteiger partial charge in [-0.1, -0.05) is 18.6 Å². The summed E-state index contributed by atoms with van der Waals surface area (Å²) in [5, 5.41) is 15.8. The fourth-order valence-corrected chi connectivity index (χ4v) is 2.56. The fraction of sp³-hybridized carbons (Fsp3) is 0.533. The molecule has 2 unspecified atom stereocenters. The Morgan fingerprint density at radius 1 is 1.53 bits per heavy atom. The largest absolute Gasteiger partial charge is 0.508 e. The predicted molar refractivity (Wildman–Crippen MR) is 75.1 cm³/mol. The first kappa shape index (κ1) is 13.9. The lowest BCUT2D eigenvalue weighted by molar-refractivity contribution is -0.121. The second-order valence-corrected chi connectivity index (χ2v) is 5.26. The van der Waals surface area contributed by atoms with Crippen LogP contribution in [-0.4, -0.2) is 29.6 Å². The van der Waals surface area contributed by atoms with Crippen LogP contribution in [-0.2, 0) is 11.2 Å². The van der Waals surface area contributed by atoms with E-state index in [0.717, 1.165) is 18.5 Å². The van der Waals surface area contributed by atoms with Crippen molar-refractivity contribution in [2.24, 2.45) is 0 Å². The van der Waals surface area contributed by atoms with Crippen molar-refractivity contribution < 1.29 is 9.90 Å². The molecule has 2 rings (SSSR count). The number of phenolic OH excluding ortho intramolecular Hbond substituents is 1. The normalized spacial score (nSPS) is 20.8. The Kier molecular flexibility index (Phi) is 4.80. The summed E-state index contributed by atoms with van der Waals surface area (Å²) in [5.74, 6) is 0.206. The summed E-state index contributed by atoms with van der Waals surface area (Å²) in [4.78, 5) is 12.0. The monoisotopic (exact) mass is 262 g/mol. The molecule has 1 heterocycles. The molecule has 1 aromatic carbocycles. The standard InChI is InChI=1S/C15H22N2O2/c1-11(14-7-2-3-8-16-14)17-15(19)10-12-5-4-6-13(18)9-12/h4-6,9,11,14,16,18H,2-3,7-8,10H2,1H3,(H,17,19). The van der Waals surface area contributed by atoms with E-state index in [2.05, 4.69) is 10.6 Å². The van der Waals surface area contributed by atoms with Gasteiger partial charge in [-0.05, 0) is 44.0 Å². The summed E-state index contributed by atoms with van der Waals surface area (Å²) in [6.07, 6.45) is 3.88. The van der Waals surface area contributed by atoms with E-state index >= 15 is 0 Å². The number of nitrogens with one attached hydrogen (secondary N) is 2. The fourth-order valence-electron chi connectivity index (χ4n) is 2.56. The molecule has 1 saturated heterocycles. The highest BCUT2D eigenvalue weighted by Crippen LogP contribution is 2.12. The number of phenols is 1. The van der Waals surface area contributed by atoms with E-state index in [1.165, 1.54) is 12.8 Å². The van der Waals surface area contributed by atoms with Gasteiger partial charge in [0.25, 0.3) is 0 Å². The van der Waals surface area contributed by atoms with E-state index in [0.29, 0.717) is 12.5 Å². The summed E-state index contributed by atoms with van der Waals surface area (Å²) in [5.41, 5.74) is 0.835. The molecule has 19 heavy (non-hydrogen) atoms. The zero-order valence-electron chi connectivity index (χ0n) is 11.4. The van der Waals surface area contributed by atoms with Gasteiger partial charge in [0.2, 0.25) is 5.91 Å². The highest BCUT2D eigenvalue weighted by molar-refractivity contribution is 5.79. The van der Waals surface area contributed by atoms with Gasteiger partial charge in [-0.15, -0.1) is 0 Å². The molecule has 0 radical (unpaired) electrons. The predicted octanol–water partition coefficient (Wildman–Crippen LogP) is 1.58. The molecule has 0 saturated carbocycles. The molecule has 0 aliphatic carbocycles. The van der Waals surface area contributed by atoms with Gasteiger partial charge in [0, 0.05) is 12.1 Å². The summed E-state index contributed by atoms with van der Waals surface area (Å²) in [6, 6.07) is 7.36. The van der Waals surface area contributed by atoms with Crippen molar-refractivity contribution >= 4 is 5.91 Å². The van der Waals surface area contributed by atoms with E-state index in [9.17, 15) is 9.90 Å². The SMILES string of the molecule is CC(NC(=O)Cc1cccc(O)c1)C1CCCCN1. The molecule has 1 aliphatic rings. The molecule has 1 aliphatic heterocycles. The third-order valence-corrected chi connectivity index (χ3v) is 3.62. The molecule has 4 nitrogen and oxygen atoms in total. The van der Waals surface area contributed by atoms with Crippen molar-refractivity contribution in [1.29, 1.82) is 0 Å². The Morgan fingerprint density at radius 2 is 2.37 bits per heavy atom. The van der Waals surface area contributed by atoms with Crippen molar-refractivity contribution in [3.8, 4) is 5.75 Å². The number of hydrogen-bond donors (Lipinski definition) is 3. The summed E-state index contributed by atoms with van der Waals surface area (Å²) < 4.78 is 0. The van der Waals surface area contributed by atoms with E-state index in [-0.39, 0.29) is 17.7 Å². The van der Waals surface area contributed by atoms with Crippen molar-refractivity contribution in [2.45, 2.75) is 44.7 Å². The molecule has 2 atom stereocenters. The summed E-state index contributed by atoms with van der Waals surface area (Å²) in [7, 11) is 0. The number of benzene rings is 1. The lowest BCUT2D eigenvalue weighted by Crippen LogP contribution is -2.50. The molecule has 104 valence electrons. The maximum atomic E-state index is 12.0. The minimum Gasteiger partial charge on any atom is -0.508 e. The van der Waals surface area contributed by atoms with Crippen LogP contribution < -0.4 is 10.6 Å². The molecule has 1 aromatic rings. The molecule has 1 fully saturated rings. The van der Waals surface area contributed by atoms with Crippen molar-refractivity contribution in [2.75, 3.05) is 6.54 Å². The number of hydrogen-bond acceptors (Lipinski definition) is 3.